The van der Waals surface area contributed by atoms with Gasteiger partial charge in [0.25, 0.3) is 5.56 Å². The second-order valence-electron chi connectivity index (χ2n) is 6.57. The maximum atomic E-state index is 12.0. The molecule has 1 unspecified atom stereocenters. The largest absolute Gasteiger partial charge is 0.477 e. The van der Waals surface area contributed by atoms with Crippen LogP contribution >= 0.6 is 0 Å². The Morgan fingerprint density at radius 1 is 1.39 bits per heavy atom. The standard InChI is InChI=1S/C19H25N5O4/c1-4-6-13(5-2)9-17(25)20-7-8-24-12-16(21-22-24)14-10-15(19(27)28)18(26)23(3)11-14/h5,10-13H,2,4,6-9H2,1,3H3,(H,20,25)(H,27,28). The van der Waals surface area contributed by atoms with E-state index < -0.39 is 11.5 Å². The van der Waals surface area contributed by atoms with E-state index >= 15 is 0 Å². The Morgan fingerprint density at radius 3 is 2.79 bits per heavy atom. The second-order valence-corrected chi connectivity index (χ2v) is 6.57. The molecule has 0 fully saturated rings. The van der Waals surface area contributed by atoms with Crippen LogP contribution in [0.25, 0.3) is 11.3 Å². The summed E-state index contributed by atoms with van der Waals surface area (Å²) >= 11 is 0. The highest BCUT2D eigenvalue weighted by molar-refractivity contribution is 5.88. The molecule has 2 aromatic rings. The number of aromatic carboxylic acids is 1. The lowest BCUT2D eigenvalue weighted by Gasteiger charge is -2.11. The number of allylic oxidation sites excluding steroid dienone is 1. The van der Waals surface area contributed by atoms with Crippen LogP contribution in [0.1, 0.15) is 36.5 Å². The number of aryl methyl sites for hydroxylation is 1. The first-order valence-electron chi connectivity index (χ1n) is 9.09. The van der Waals surface area contributed by atoms with Crippen molar-refractivity contribution in [3.05, 3.63) is 47.0 Å². The SMILES string of the molecule is C=CC(CCC)CC(=O)NCCn1cc(-c2cc(C(=O)O)c(=O)n(C)c2)nn1. The van der Waals surface area contributed by atoms with Gasteiger partial charge in [-0.05, 0) is 18.4 Å². The minimum absolute atomic E-state index is 0.0390. The molecule has 0 radical (unpaired) electrons. The van der Waals surface area contributed by atoms with E-state index in [9.17, 15) is 14.4 Å². The van der Waals surface area contributed by atoms with Crippen LogP contribution in [0.4, 0.5) is 0 Å². The van der Waals surface area contributed by atoms with E-state index in [1.165, 1.54) is 23.9 Å². The quantitative estimate of drug-likeness (QED) is 0.596. The molecule has 0 spiro atoms. The van der Waals surface area contributed by atoms with Gasteiger partial charge in [-0.1, -0.05) is 24.6 Å². The van der Waals surface area contributed by atoms with Gasteiger partial charge in [-0.15, -0.1) is 11.7 Å². The van der Waals surface area contributed by atoms with Crippen LogP contribution in [0.5, 0.6) is 0 Å². The summed E-state index contributed by atoms with van der Waals surface area (Å²) in [6.45, 7) is 6.64. The lowest BCUT2D eigenvalue weighted by molar-refractivity contribution is -0.121. The zero-order valence-corrected chi connectivity index (χ0v) is 16.1. The van der Waals surface area contributed by atoms with Crippen molar-refractivity contribution in [1.29, 1.82) is 0 Å². The fourth-order valence-electron chi connectivity index (χ4n) is 2.84. The summed E-state index contributed by atoms with van der Waals surface area (Å²) in [6.07, 6.45) is 7.30. The van der Waals surface area contributed by atoms with Crippen molar-refractivity contribution >= 4 is 11.9 Å². The summed E-state index contributed by atoms with van der Waals surface area (Å²) in [5, 5.41) is 20.0. The molecule has 2 rings (SSSR count). The Morgan fingerprint density at radius 2 is 2.14 bits per heavy atom. The maximum Gasteiger partial charge on any atom is 0.341 e. The first-order chi connectivity index (χ1) is 13.3. The molecule has 0 aliphatic carbocycles. The minimum atomic E-state index is -1.29. The van der Waals surface area contributed by atoms with Gasteiger partial charge in [0, 0.05) is 31.8 Å². The number of hydrogen-bond donors (Lipinski definition) is 2. The van der Waals surface area contributed by atoms with Crippen molar-refractivity contribution in [3.8, 4) is 11.3 Å². The van der Waals surface area contributed by atoms with Gasteiger partial charge in [-0.2, -0.15) is 0 Å². The molecule has 150 valence electrons. The molecule has 1 atom stereocenters. The predicted octanol–water partition coefficient (Wildman–Crippen LogP) is 1.45. The average molecular weight is 387 g/mol. The van der Waals surface area contributed by atoms with Crippen LogP contribution in [0.15, 0.2) is 35.9 Å². The first kappa shape index (κ1) is 21.1. The molecule has 0 saturated carbocycles. The Hall–Kier alpha value is -3.23. The topological polar surface area (TPSA) is 119 Å². The molecule has 0 bridgehead atoms. The zero-order chi connectivity index (χ0) is 20.7. The Balaban J connectivity index is 1.98. The van der Waals surface area contributed by atoms with Gasteiger partial charge < -0.3 is 15.0 Å². The van der Waals surface area contributed by atoms with Crippen molar-refractivity contribution in [3.63, 3.8) is 0 Å². The number of aromatic nitrogens is 4. The molecule has 0 aliphatic heterocycles. The van der Waals surface area contributed by atoms with Crippen molar-refractivity contribution in [2.75, 3.05) is 6.54 Å². The first-order valence-corrected chi connectivity index (χ1v) is 9.09. The van der Waals surface area contributed by atoms with E-state index in [-0.39, 0.29) is 17.4 Å². The summed E-state index contributed by atoms with van der Waals surface area (Å²) < 4.78 is 2.75. The second kappa shape index (κ2) is 9.63. The molecular weight excluding hydrogens is 362 g/mol. The highest BCUT2D eigenvalue weighted by atomic mass is 16.4. The van der Waals surface area contributed by atoms with Crippen molar-refractivity contribution in [1.82, 2.24) is 24.9 Å². The smallest absolute Gasteiger partial charge is 0.341 e. The predicted molar refractivity (Wildman–Crippen MR) is 104 cm³/mol. The van der Waals surface area contributed by atoms with E-state index in [1.54, 1.807) is 10.9 Å². The van der Waals surface area contributed by atoms with Crippen LogP contribution in [0, 0.1) is 5.92 Å². The molecule has 0 aliphatic rings. The summed E-state index contributed by atoms with van der Waals surface area (Å²) in [6, 6.07) is 1.28. The fourth-order valence-corrected chi connectivity index (χ4v) is 2.84. The summed E-state index contributed by atoms with van der Waals surface area (Å²) in [5.41, 5.74) is 0.000177. The molecule has 0 aromatic carbocycles. The molecule has 28 heavy (non-hydrogen) atoms. The number of nitrogens with one attached hydrogen (secondary N) is 1. The summed E-state index contributed by atoms with van der Waals surface area (Å²) in [4.78, 5) is 35.0. The van der Waals surface area contributed by atoms with Gasteiger partial charge in [0.05, 0.1) is 12.7 Å². The zero-order valence-electron chi connectivity index (χ0n) is 16.1. The number of carbonyl (C=O) groups excluding carboxylic acids is 1. The Kier molecular flexibility index (Phi) is 7.25. The number of nitrogens with zero attached hydrogens (tertiary/aromatic N) is 4. The highest BCUT2D eigenvalue weighted by Crippen LogP contribution is 2.15. The number of carbonyl (C=O) groups is 2. The number of carboxylic acids is 1. The molecule has 2 aromatic heterocycles. The van der Waals surface area contributed by atoms with Crippen LogP contribution in [0.3, 0.4) is 0 Å². The van der Waals surface area contributed by atoms with Crippen LogP contribution < -0.4 is 10.9 Å². The molecule has 9 heteroatoms. The normalized spacial score (nSPS) is 11.8. The maximum absolute atomic E-state index is 12.0. The average Bonchev–Trinajstić information content (AvgIpc) is 3.12. The van der Waals surface area contributed by atoms with Gasteiger partial charge in [0.2, 0.25) is 5.91 Å². The van der Waals surface area contributed by atoms with Crippen LogP contribution in [-0.4, -0.2) is 43.1 Å². The third-order valence-electron chi connectivity index (χ3n) is 4.35. The lowest BCUT2D eigenvalue weighted by atomic mass is 10.00. The van der Waals surface area contributed by atoms with E-state index in [2.05, 4.69) is 29.1 Å². The van der Waals surface area contributed by atoms with Gasteiger partial charge in [0.1, 0.15) is 11.3 Å². The monoisotopic (exact) mass is 387 g/mol. The van der Waals surface area contributed by atoms with Crippen LogP contribution in [0.2, 0.25) is 0 Å². The number of pyridine rings is 1. The van der Waals surface area contributed by atoms with Gasteiger partial charge in [0.15, 0.2) is 0 Å². The van der Waals surface area contributed by atoms with Gasteiger partial charge >= 0.3 is 5.97 Å². The lowest BCUT2D eigenvalue weighted by Crippen LogP contribution is -2.28. The van der Waals surface area contributed by atoms with E-state index in [0.717, 1.165) is 12.8 Å². The van der Waals surface area contributed by atoms with Crippen molar-refractivity contribution < 1.29 is 14.7 Å². The van der Waals surface area contributed by atoms with Crippen molar-refractivity contribution in [2.24, 2.45) is 13.0 Å². The molecule has 2 N–H and O–H groups in total. The Bertz CT molecular complexity index is 915. The third-order valence-corrected chi connectivity index (χ3v) is 4.35. The molecule has 0 saturated heterocycles. The van der Waals surface area contributed by atoms with E-state index in [4.69, 9.17) is 5.11 Å². The van der Waals surface area contributed by atoms with Gasteiger partial charge in [-0.3, -0.25) is 14.3 Å². The Labute approximate surface area is 162 Å². The van der Waals surface area contributed by atoms with Crippen molar-refractivity contribution in [2.45, 2.75) is 32.7 Å². The fraction of sp³-hybridized carbons (Fsp3) is 0.421. The summed E-state index contributed by atoms with van der Waals surface area (Å²) in [7, 11) is 1.48. The van der Waals surface area contributed by atoms with E-state index in [0.29, 0.717) is 30.8 Å². The van der Waals surface area contributed by atoms with E-state index in [1.807, 2.05) is 6.08 Å². The van der Waals surface area contributed by atoms with Crippen LogP contribution in [-0.2, 0) is 18.4 Å². The summed E-state index contributed by atoms with van der Waals surface area (Å²) in [5.74, 6) is -1.16. The number of rotatable bonds is 10. The molecule has 2 heterocycles. The number of carboxylic acid groups (broad SMARTS) is 1. The minimum Gasteiger partial charge on any atom is -0.477 e. The molecule has 1 amide bonds. The molecule has 9 nitrogen and oxygen atoms in total. The molecular formula is C19H25N5O4. The highest BCUT2D eigenvalue weighted by Gasteiger charge is 2.14. The number of amides is 1. The van der Waals surface area contributed by atoms with Gasteiger partial charge in [-0.25, -0.2) is 4.79 Å². The third kappa shape index (κ3) is 5.38. The number of hydrogen-bond acceptors (Lipinski definition) is 5.